The summed E-state index contributed by atoms with van der Waals surface area (Å²) in [6.07, 6.45) is 4.97. The Hall–Kier alpha value is -3.54. The quantitative estimate of drug-likeness (QED) is 0.218. The topological polar surface area (TPSA) is 54.8 Å². The van der Waals surface area contributed by atoms with E-state index >= 15 is 0 Å². The summed E-state index contributed by atoms with van der Waals surface area (Å²) >= 11 is 0. The predicted molar refractivity (Wildman–Crippen MR) is 158 cm³/mol. The van der Waals surface area contributed by atoms with Crippen LogP contribution >= 0.6 is 0 Å². The highest BCUT2D eigenvalue weighted by molar-refractivity contribution is 5.96. The molecule has 0 bridgehead atoms. The number of unbranched alkanes of at least 4 members (excludes halogenated alkanes) is 1. The van der Waals surface area contributed by atoms with Gasteiger partial charge in [-0.25, -0.2) is 0 Å². The average molecular weight is 532 g/mol. The van der Waals surface area contributed by atoms with E-state index in [-0.39, 0.29) is 30.4 Å². The van der Waals surface area contributed by atoms with Gasteiger partial charge in [0.25, 0.3) is 5.91 Å². The van der Waals surface area contributed by atoms with Crippen LogP contribution in [0.4, 0.5) is 0 Å². The number of aromatic nitrogens is 1. The zero-order valence-electron chi connectivity index (χ0n) is 24.5. The SMILES string of the molecule is CCCCOc1ccc(C(=O)N(CC(=O)N(Cc2cccn2Cc2ccccc2C)C(C)CC)C(C)C)cc1. The van der Waals surface area contributed by atoms with Gasteiger partial charge in [-0.3, -0.25) is 9.59 Å². The molecular weight excluding hydrogens is 486 g/mol. The summed E-state index contributed by atoms with van der Waals surface area (Å²) in [4.78, 5) is 30.8. The van der Waals surface area contributed by atoms with Crippen LogP contribution in [0.25, 0.3) is 0 Å². The first kappa shape index (κ1) is 30.0. The van der Waals surface area contributed by atoms with Crippen LogP contribution in [0, 0.1) is 6.92 Å². The van der Waals surface area contributed by atoms with Gasteiger partial charge in [-0.05, 0) is 88.1 Å². The maximum absolute atomic E-state index is 13.7. The number of carbonyl (C=O) groups excluding carboxylic acids is 2. The Kier molecular flexibility index (Phi) is 11.2. The summed E-state index contributed by atoms with van der Waals surface area (Å²) in [5, 5.41) is 0. The van der Waals surface area contributed by atoms with E-state index in [1.165, 1.54) is 11.1 Å². The summed E-state index contributed by atoms with van der Waals surface area (Å²) in [6.45, 7) is 14.3. The molecule has 1 unspecified atom stereocenters. The molecule has 0 saturated heterocycles. The van der Waals surface area contributed by atoms with Crippen LogP contribution in [-0.4, -0.2) is 51.4 Å². The molecule has 0 fully saturated rings. The lowest BCUT2D eigenvalue weighted by Crippen LogP contribution is -2.48. The third kappa shape index (κ3) is 8.22. The maximum atomic E-state index is 13.7. The molecule has 6 heteroatoms. The molecule has 1 heterocycles. The van der Waals surface area contributed by atoms with E-state index in [1.54, 1.807) is 17.0 Å². The van der Waals surface area contributed by atoms with Gasteiger partial charge in [-0.1, -0.05) is 44.5 Å². The van der Waals surface area contributed by atoms with Gasteiger partial charge in [-0.15, -0.1) is 0 Å². The van der Waals surface area contributed by atoms with Crippen LogP contribution < -0.4 is 4.74 Å². The zero-order chi connectivity index (χ0) is 28.4. The molecule has 0 aliphatic heterocycles. The molecule has 0 aliphatic rings. The third-order valence-corrected chi connectivity index (χ3v) is 7.36. The first-order valence-corrected chi connectivity index (χ1v) is 14.3. The van der Waals surface area contributed by atoms with Gasteiger partial charge < -0.3 is 19.1 Å². The smallest absolute Gasteiger partial charge is 0.254 e. The van der Waals surface area contributed by atoms with E-state index in [4.69, 9.17) is 4.74 Å². The van der Waals surface area contributed by atoms with Crippen LogP contribution in [0.3, 0.4) is 0 Å². The maximum Gasteiger partial charge on any atom is 0.254 e. The van der Waals surface area contributed by atoms with Gasteiger partial charge in [0.05, 0.1) is 13.2 Å². The molecule has 6 nitrogen and oxygen atoms in total. The molecule has 1 aromatic heterocycles. The lowest BCUT2D eigenvalue weighted by molar-refractivity contribution is -0.135. The fourth-order valence-electron chi connectivity index (χ4n) is 4.52. The first-order chi connectivity index (χ1) is 18.7. The molecule has 0 radical (unpaired) electrons. The average Bonchev–Trinajstić information content (AvgIpc) is 3.37. The number of nitrogens with zero attached hydrogens (tertiary/aromatic N) is 3. The zero-order valence-corrected chi connectivity index (χ0v) is 24.5. The van der Waals surface area contributed by atoms with Gasteiger partial charge in [0.1, 0.15) is 12.3 Å². The van der Waals surface area contributed by atoms with Crippen molar-refractivity contribution in [1.82, 2.24) is 14.4 Å². The monoisotopic (exact) mass is 531 g/mol. The Morgan fingerprint density at radius 1 is 0.923 bits per heavy atom. The molecular formula is C33H45N3O3. The van der Waals surface area contributed by atoms with Gasteiger partial charge in [0.15, 0.2) is 0 Å². The second-order valence-corrected chi connectivity index (χ2v) is 10.6. The van der Waals surface area contributed by atoms with Crippen LogP contribution in [0.5, 0.6) is 5.75 Å². The van der Waals surface area contributed by atoms with Crippen molar-refractivity contribution in [3.8, 4) is 5.75 Å². The molecule has 3 rings (SSSR count). The summed E-state index contributed by atoms with van der Waals surface area (Å²) in [7, 11) is 0. The second-order valence-electron chi connectivity index (χ2n) is 10.6. The third-order valence-electron chi connectivity index (χ3n) is 7.36. The van der Waals surface area contributed by atoms with Crippen LogP contribution in [0.1, 0.15) is 81.1 Å². The van der Waals surface area contributed by atoms with Crippen molar-refractivity contribution in [3.05, 3.63) is 89.2 Å². The Morgan fingerprint density at radius 3 is 2.28 bits per heavy atom. The molecule has 2 amide bonds. The number of benzene rings is 2. The Morgan fingerprint density at radius 2 is 1.64 bits per heavy atom. The van der Waals surface area contributed by atoms with Crippen LogP contribution in [-0.2, 0) is 17.9 Å². The van der Waals surface area contributed by atoms with Crippen molar-refractivity contribution < 1.29 is 14.3 Å². The molecule has 39 heavy (non-hydrogen) atoms. The molecule has 1 atom stereocenters. The number of ether oxygens (including phenoxy) is 1. The number of hydrogen-bond acceptors (Lipinski definition) is 3. The second kappa shape index (κ2) is 14.6. The molecule has 0 aliphatic carbocycles. The largest absolute Gasteiger partial charge is 0.494 e. The lowest BCUT2D eigenvalue weighted by atomic mass is 10.1. The number of aryl methyl sites for hydroxylation is 1. The minimum atomic E-state index is -0.148. The van der Waals surface area contributed by atoms with Crippen molar-refractivity contribution in [2.24, 2.45) is 0 Å². The molecule has 0 spiro atoms. The molecule has 0 saturated carbocycles. The van der Waals surface area contributed by atoms with E-state index in [0.29, 0.717) is 18.7 Å². The van der Waals surface area contributed by atoms with E-state index in [2.05, 4.69) is 68.8 Å². The van der Waals surface area contributed by atoms with Gasteiger partial charge in [0, 0.05) is 36.1 Å². The van der Waals surface area contributed by atoms with Gasteiger partial charge in [0.2, 0.25) is 5.91 Å². The molecule has 3 aromatic rings. The number of hydrogen-bond donors (Lipinski definition) is 0. The predicted octanol–water partition coefficient (Wildman–Crippen LogP) is 6.70. The summed E-state index contributed by atoms with van der Waals surface area (Å²) in [6, 6.07) is 19.7. The standard InChI is InChI=1S/C33H45N3O3/c1-7-9-21-39-31-18-16-28(17-19-31)33(38)35(25(3)4)24-32(37)36(27(6)8-2)23-30-15-12-20-34(30)22-29-14-11-10-13-26(29)5/h10-20,25,27H,7-9,21-24H2,1-6H3. The highest BCUT2D eigenvalue weighted by atomic mass is 16.5. The first-order valence-electron chi connectivity index (χ1n) is 14.3. The van der Waals surface area contributed by atoms with E-state index in [9.17, 15) is 9.59 Å². The van der Waals surface area contributed by atoms with Crippen molar-refractivity contribution in [3.63, 3.8) is 0 Å². The highest BCUT2D eigenvalue weighted by Crippen LogP contribution is 2.19. The fraction of sp³-hybridized carbons (Fsp3) is 0.455. The van der Waals surface area contributed by atoms with Crippen molar-refractivity contribution in [2.75, 3.05) is 13.2 Å². The number of rotatable bonds is 14. The molecule has 0 N–H and O–H groups in total. The van der Waals surface area contributed by atoms with E-state index in [1.807, 2.05) is 36.9 Å². The molecule has 210 valence electrons. The lowest BCUT2D eigenvalue weighted by Gasteiger charge is -2.33. The number of amides is 2. The Balaban J connectivity index is 1.74. The number of carbonyl (C=O) groups is 2. The highest BCUT2D eigenvalue weighted by Gasteiger charge is 2.27. The van der Waals surface area contributed by atoms with Gasteiger partial charge >= 0.3 is 0 Å². The van der Waals surface area contributed by atoms with Crippen molar-refractivity contribution in [1.29, 1.82) is 0 Å². The summed E-state index contributed by atoms with van der Waals surface area (Å²) < 4.78 is 7.95. The molecule has 2 aromatic carbocycles. The fourth-order valence-corrected chi connectivity index (χ4v) is 4.52. The normalized spacial score (nSPS) is 11.9. The minimum absolute atomic E-state index is 0.0358. The summed E-state index contributed by atoms with van der Waals surface area (Å²) in [5.41, 5.74) is 4.14. The van der Waals surface area contributed by atoms with Crippen molar-refractivity contribution >= 4 is 11.8 Å². The van der Waals surface area contributed by atoms with Crippen LogP contribution in [0.2, 0.25) is 0 Å². The summed E-state index contributed by atoms with van der Waals surface area (Å²) in [5.74, 6) is 0.559. The van der Waals surface area contributed by atoms with Crippen LogP contribution in [0.15, 0.2) is 66.9 Å². The Bertz CT molecular complexity index is 1200. The van der Waals surface area contributed by atoms with Gasteiger partial charge in [-0.2, -0.15) is 0 Å². The van der Waals surface area contributed by atoms with E-state index in [0.717, 1.165) is 37.3 Å². The van der Waals surface area contributed by atoms with E-state index < -0.39 is 0 Å². The van der Waals surface area contributed by atoms with Crippen molar-refractivity contribution in [2.45, 2.75) is 86.0 Å². The Labute approximate surface area is 234 Å². The minimum Gasteiger partial charge on any atom is -0.494 e.